The highest BCUT2D eigenvalue weighted by atomic mass is 16.3. The van der Waals surface area contributed by atoms with Crippen LogP contribution in [0, 0.1) is 6.92 Å². The number of hydrogen-bond donors (Lipinski definition) is 2. The van der Waals surface area contributed by atoms with Crippen molar-refractivity contribution in [2.75, 3.05) is 11.9 Å². The molecule has 0 aliphatic rings. The molecule has 0 radical (unpaired) electrons. The van der Waals surface area contributed by atoms with E-state index in [4.69, 9.17) is 0 Å². The summed E-state index contributed by atoms with van der Waals surface area (Å²) in [6, 6.07) is 5.91. The van der Waals surface area contributed by atoms with Crippen molar-refractivity contribution in [2.24, 2.45) is 0 Å². The van der Waals surface area contributed by atoms with Crippen molar-refractivity contribution in [3.05, 3.63) is 30.0 Å². The van der Waals surface area contributed by atoms with Gasteiger partial charge < -0.3 is 10.4 Å². The molecule has 1 aromatic carbocycles. The van der Waals surface area contributed by atoms with Crippen LogP contribution in [-0.4, -0.2) is 16.6 Å². The zero-order valence-corrected chi connectivity index (χ0v) is 12.4. The van der Waals surface area contributed by atoms with E-state index in [0.29, 0.717) is 5.52 Å². The first kappa shape index (κ1) is 14.6. The van der Waals surface area contributed by atoms with Crippen LogP contribution >= 0.6 is 0 Å². The predicted octanol–water partition coefficient (Wildman–Crippen LogP) is 4.63. The molecule has 1 heterocycles. The average molecular weight is 272 g/mol. The number of aromatic nitrogens is 1. The van der Waals surface area contributed by atoms with E-state index < -0.39 is 0 Å². The third-order valence-corrected chi connectivity index (χ3v) is 3.65. The van der Waals surface area contributed by atoms with Crippen molar-refractivity contribution in [1.82, 2.24) is 4.98 Å². The van der Waals surface area contributed by atoms with Gasteiger partial charge in [-0.15, -0.1) is 0 Å². The minimum atomic E-state index is 0.286. The van der Waals surface area contributed by atoms with Crippen molar-refractivity contribution >= 4 is 16.6 Å². The Kier molecular flexibility index (Phi) is 5.22. The summed E-state index contributed by atoms with van der Waals surface area (Å²) in [5, 5.41) is 14.5. The Morgan fingerprint density at radius 2 is 2.00 bits per heavy atom. The van der Waals surface area contributed by atoms with Crippen molar-refractivity contribution in [2.45, 2.75) is 46.0 Å². The van der Waals surface area contributed by atoms with Crippen molar-refractivity contribution in [3.63, 3.8) is 0 Å². The molecule has 20 heavy (non-hydrogen) atoms. The van der Waals surface area contributed by atoms with Gasteiger partial charge >= 0.3 is 0 Å². The molecule has 2 N–H and O–H groups in total. The minimum Gasteiger partial charge on any atom is -0.505 e. The van der Waals surface area contributed by atoms with Gasteiger partial charge in [0.2, 0.25) is 0 Å². The van der Waals surface area contributed by atoms with Crippen LogP contribution in [0.4, 0.5) is 5.69 Å². The monoisotopic (exact) mass is 272 g/mol. The van der Waals surface area contributed by atoms with Gasteiger partial charge in [0.05, 0.1) is 0 Å². The highest BCUT2D eigenvalue weighted by Crippen LogP contribution is 2.32. The number of benzene rings is 1. The van der Waals surface area contributed by atoms with Crippen molar-refractivity contribution in [3.8, 4) is 5.75 Å². The second-order valence-electron chi connectivity index (χ2n) is 5.33. The number of aromatic hydroxyl groups is 1. The van der Waals surface area contributed by atoms with Gasteiger partial charge in [0.15, 0.2) is 0 Å². The van der Waals surface area contributed by atoms with E-state index in [1.807, 2.05) is 25.1 Å². The third kappa shape index (κ3) is 3.41. The van der Waals surface area contributed by atoms with Gasteiger partial charge in [0.25, 0.3) is 0 Å². The Bertz CT molecular complexity index is 566. The van der Waals surface area contributed by atoms with E-state index in [2.05, 4.69) is 17.2 Å². The van der Waals surface area contributed by atoms with Crippen LogP contribution in [0.25, 0.3) is 10.9 Å². The van der Waals surface area contributed by atoms with E-state index >= 15 is 0 Å². The summed E-state index contributed by atoms with van der Waals surface area (Å²) in [6.45, 7) is 5.12. The number of aryl methyl sites for hydroxylation is 1. The normalized spacial score (nSPS) is 10.9. The molecule has 0 unspecified atom stereocenters. The maximum atomic E-state index is 10.1. The summed E-state index contributed by atoms with van der Waals surface area (Å²) in [5.74, 6) is 0.286. The lowest BCUT2D eigenvalue weighted by atomic mass is 10.1. The van der Waals surface area contributed by atoms with Gasteiger partial charge in [0.1, 0.15) is 11.3 Å². The average Bonchev–Trinajstić information content (AvgIpc) is 2.47. The van der Waals surface area contributed by atoms with Crippen LogP contribution < -0.4 is 5.32 Å². The fourth-order valence-electron chi connectivity index (χ4n) is 2.46. The maximum absolute atomic E-state index is 10.1. The maximum Gasteiger partial charge on any atom is 0.144 e. The first-order valence-corrected chi connectivity index (χ1v) is 7.55. The fraction of sp³-hybridized carbons (Fsp3) is 0.471. The third-order valence-electron chi connectivity index (χ3n) is 3.65. The SMILES string of the molecule is CCCCCCCNc1cc(C)c(O)c2ncccc12. The Balaban J connectivity index is 2.05. The molecule has 2 rings (SSSR count). The van der Waals surface area contributed by atoms with E-state index in [1.165, 1.54) is 32.1 Å². The van der Waals surface area contributed by atoms with E-state index in [-0.39, 0.29) is 5.75 Å². The van der Waals surface area contributed by atoms with Gasteiger partial charge in [-0.3, -0.25) is 4.98 Å². The van der Waals surface area contributed by atoms with E-state index in [9.17, 15) is 5.11 Å². The highest BCUT2D eigenvalue weighted by molar-refractivity contribution is 5.96. The molecular weight excluding hydrogens is 248 g/mol. The number of phenolic OH excluding ortho intramolecular Hbond substituents is 1. The van der Waals surface area contributed by atoms with Crippen LogP contribution in [0.15, 0.2) is 24.4 Å². The zero-order valence-electron chi connectivity index (χ0n) is 12.4. The quantitative estimate of drug-likeness (QED) is 0.570. The predicted molar refractivity (Wildman–Crippen MR) is 85.4 cm³/mol. The molecule has 108 valence electrons. The van der Waals surface area contributed by atoms with Crippen LogP contribution in [0.2, 0.25) is 0 Å². The molecule has 0 amide bonds. The molecule has 0 saturated carbocycles. The summed E-state index contributed by atoms with van der Waals surface area (Å²) in [7, 11) is 0. The smallest absolute Gasteiger partial charge is 0.144 e. The number of nitrogens with one attached hydrogen (secondary N) is 1. The van der Waals surface area contributed by atoms with Gasteiger partial charge in [-0.2, -0.15) is 0 Å². The standard InChI is InChI=1S/C17H24N2O/c1-3-4-5-6-7-10-18-15-12-13(2)17(20)16-14(15)9-8-11-19-16/h8-9,11-12,18,20H,3-7,10H2,1-2H3. The first-order valence-electron chi connectivity index (χ1n) is 7.55. The first-order chi connectivity index (χ1) is 9.74. The van der Waals surface area contributed by atoms with Crippen LogP contribution in [-0.2, 0) is 0 Å². The second kappa shape index (κ2) is 7.13. The number of phenols is 1. The molecule has 0 fully saturated rings. The number of anilines is 1. The topological polar surface area (TPSA) is 45.1 Å². The molecular formula is C17H24N2O. The number of rotatable bonds is 7. The molecule has 0 bridgehead atoms. The Morgan fingerprint density at radius 3 is 2.80 bits per heavy atom. The van der Waals surface area contributed by atoms with Crippen molar-refractivity contribution < 1.29 is 5.11 Å². The Hall–Kier alpha value is -1.77. The van der Waals surface area contributed by atoms with Crippen LogP contribution in [0.1, 0.15) is 44.6 Å². The molecule has 2 aromatic rings. The van der Waals surface area contributed by atoms with Crippen molar-refractivity contribution in [1.29, 1.82) is 0 Å². The highest BCUT2D eigenvalue weighted by Gasteiger charge is 2.09. The van der Waals surface area contributed by atoms with E-state index in [0.717, 1.165) is 23.2 Å². The molecule has 3 nitrogen and oxygen atoms in total. The number of hydrogen-bond acceptors (Lipinski definition) is 3. The van der Waals surface area contributed by atoms with E-state index in [1.54, 1.807) is 6.20 Å². The molecule has 1 aromatic heterocycles. The lowest BCUT2D eigenvalue weighted by Crippen LogP contribution is -2.02. The number of pyridine rings is 1. The number of nitrogens with zero attached hydrogens (tertiary/aromatic N) is 1. The fourth-order valence-corrected chi connectivity index (χ4v) is 2.46. The largest absolute Gasteiger partial charge is 0.505 e. The van der Waals surface area contributed by atoms with Gasteiger partial charge in [0, 0.05) is 23.8 Å². The molecule has 0 saturated heterocycles. The summed E-state index contributed by atoms with van der Waals surface area (Å²) in [4.78, 5) is 4.28. The number of fused-ring (bicyclic) bond motifs is 1. The number of unbranched alkanes of at least 4 members (excludes halogenated alkanes) is 4. The summed E-state index contributed by atoms with van der Waals surface area (Å²) >= 11 is 0. The van der Waals surface area contributed by atoms with Gasteiger partial charge in [-0.25, -0.2) is 0 Å². The summed E-state index contributed by atoms with van der Waals surface area (Å²) < 4.78 is 0. The molecule has 0 atom stereocenters. The molecule has 3 heteroatoms. The lowest BCUT2D eigenvalue weighted by molar-refractivity contribution is 0.476. The van der Waals surface area contributed by atoms with Crippen LogP contribution in [0.5, 0.6) is 5.75 Å². The van der Waals surface area contributed by atoms with Crippen LogP contribution in [0.3, 0.4) is 0 Å². The summed E-state index contributed by atoms with van der Waals surface area (Å²) in [5.41, 5.74) is 2.62. The molecule has 0 spiro atoms. The van der Waals surface area contributed by atoms with Gasteiger partial charge in [-0.05, 0) is 37.1 Å². The molecule has 0 aliphatic carbocycles. The molecule has 0 aliphatic heterocycles. The zero-order chi connectivity index (χ0) is 14.4. The summed E-state index contributed by atoms with van der Waals surface area (Å²) in [6.07, 6.45) is 8.09. The Labute approximate surface area is 121 Å². The minimum absolute atomic E-state index is 0.286. The lowest BCUT2D eigenvalue weighted by Gasteiger charge is -2.12. The Morgan fingerprint density at radius 1 is 1.20 bits per heavy atom. The second-order valence-corrected chi connectivity index (χ2v) is 5.33. The van der Waals surface area contributed by atoms with Gasteiger partial charge in [-0.1, -0.05) is 32.6 Å².